The van der Waals surface area contributed by atoms with Gasteiger partial charge in [0.1, 0.15) is 23.9 Å². The number of methoxy groups -OCH3 is 1. The van der Waals surface area contributed by atoms with Crippen molar-refractivity contribution in [3.8, 4) is 17.1 Å². The van der Waals surface area contributed by atoms with Crippen LogP contribution < -0.4 is 15.0 Å². The number of aromatic amines is 1. The molecule has 0 atom stereocenters. The normalized spacial score (nSPS) is 14.1. The van der Waals surface area contributed by atoms with Gasteiger partial charge in [0.05, 0.1) is 7.11 Å². The predicted molar refractivity (Wildman–Crippen MR) is 137 cm³/mol. The lowest BCUT2D eigenvalue weighted by Gasteiger charge is -2.37. The molecule has 1 aliphatic heterocycles. The molecule has 4 rings (SSSR count). The molecule has 0 unspecified atom stereocenters. The summed E-state index contributed by atoms with van der Waals surface area (Å²) in [6, 6.07) is 13.7. The molecular weight excluding hydrogens is 519 g/mol. The fraction of sp³-hybridized carbons (Fsp3) is 0.364. The van der Waals surface area contributed by atoms with Gasteiger partial charge in [-0.1, -0.05) is 6.07 Å². The van der Waals surface area contributed by atoms with Crippen LogP contribution in [-0.2, 0) is 6.54 Å². The number of halogens is 1. The molecule has 0 amide bonds. The summed E-state index contributed by atoms with van der Waals surface area (Å²) >= 11 is 0. The number of benzene rings is 1. The molecule has 3 aromatic rings. The number of aliphatic imine (C=N–C) groups is 1. The van der Waals surface area contributed by atoms with Crippen molar-refractivity contribution in [2.75, 3.05) is 44.7 Å². The third-order valence-corrected chi connectivity index (χ3v) is 5.15. The average molecular weight is 548 g/mol. The van der Waals surface area contributed by atoms with Gasteiger partial charge in [0.2, 0.25) is 0 Å². The smallest absolute Gasteiger partial charge is 0.194 e. The lowest BCUT2D eigenvalue weighted by Crippen LogP contribution is -2.52. The van der Waals surface area contributed by atoms with E-state index in [9.17, 15) is 0 Å². The van der Waals surface area contributed by atoms with Crippen molar-refractivity contribution >= 4 is 35.8 Å². The zero-order chi connectivity index (χ0) is 21.5. The molecule has 10 heteroatoms. The molecule has 0 spiro atoms. The molecule has 0 bridgehead atoms. The van der Waals surface area contributed by atoms with Gasteiger partial charge in [-0.2, -0.15) is 5.10 Å². The van der Waals surface area contributed by atoms with E-state index in [1.54, 1.807) is 7.11 Å². The molecule has 32 heavy (non-hydrogen) atoms. The number of hydrogen-bond donors (Lipinski definition) is 2. The Balaban J connectivity index is 0.00000289. The highest BCUT2D eigenvalue weighted by Gasteiger charge is 2.20. The fourth-order valence-corrected chi connectivity index (χ4v) is 3.50. The minimum Gasteiger partial charge on any atom is -0.497 e. The number of pyridine rings is 1. The number of nitrogens with zero attached hydrogens (tertiary/aromatic N) is 6. The maximum atomic E-state index is 5.20. The third-order valence-electron chi connectivity index (χ3n) is 5.15. The van der Waals surface area contributed by atoms with Crippen LogP contribution >= 0.6 is 24.0 Å². The topological polar surface area (TPSA) is 94.6 Å². The number of guanidine groups is 1. The summed E-state index contributed by atoms with van der Waals surface area (Å²) in [5, 5.41) is 10.7. The summed E-state index contributed by atoms with van der Waals surface area (Å²) in [4.78, 5) is 18.4. The first-order valence-corrected chi connectivity index (χ1v) is 10.5. The SMILES string of the molecule is CCNC(=NCc1nc(-c2ccc(OC)cc2)n[nH]1)N1CCN(c2ccccn2)CC1.I. The molecule has 1 aromatic carbocycles. The number of ether oxygens (including phenoxy) is 1. The first-order valence-electron chi connectivity index (χ1n) is 10.5. The van der Waals surface area contributed by atoms with Crippen molar-refractivity contribution in [1.29, 1.82) is 0 Å². The molecule has 1 fully saturated rings. The summed E-state index contributed by atoms with van der Waals surface area (Å²) in [7, 11) is 1.65. The van der Waals surface area contributed by atoms with Crippen LogP contribution in [-0.4, -0.2) is 70.9 Å². The van der Waals surface area contributed by atoms with Crippen LogP contribution in [0.4, 0.5) is 5.82 Å². The fourth-order valence-electron chi connectivity index (χ4n) is 3.50. The highest BCUT2D eigenvalue weighted by Crippen LogP contribution is 2.19. The number of H-pyrrole nitrogens is 1. The van der Waals surface area contributed by atoms with Crippen molar-refractivity contribution in [1.82, 2.24) is 30.4 Å². The van der Waals surface area contributed by atoms with Gasteiger partial charge in [-0.25, -0.2) is 15.0 Å². The molecule has 3 heterocycles. The van der Waals surface area contributed by atoms with Crippen molar-refractivity contribution < 1.29 is 4.74 Å². The first-order chi connectivity index (χ1) is 15.3. The van der Waals surface area contributed by atoms with Crippen molar-refractivity contribution in [3.63, 3.8) is 0 Å². The molecule has 0 aliphatic carbocycles. The van der Waals surface area contributed by atoms with Gasteiger partial charge in [-0.15, -0.1) is 24.0 Å². The Morgan fingerprint density at radius 1 is 1.12 bits per heavy atom. The minimum atomic E-state index is 0. The van der Waals surface area contributed by atoms with Crippen LogP contribution in [0.25, 0.3) is 11.4 Å². The van der Waals surface area contributed by atoms with E-state index in [-0.39, 0.29) is 24.0 Å². The number of nitrogens with one attached hydrogen (secondary N) is 2. The molecule has 9 nitrogen and oxygen atoms in total. The lowest BCUT2D eigenvalue weighted by molar-refractivity contribution is 0.371. The van der Waals surface area contributed by atoms with Gasteiger partial charge in [0.15, 0.2) is 11.8 Å². The van der Waals surface area contributed by atoms with E-state index in [1.165, 1.54) is 0 Å². The van der Waals surface area contributed by atoms with E-state index >= 15 is 0 Å². The van der Waals surface area contributed by atoms with Gasteiger partial charge in [-0.3, -0.25) is 5.10 Å². The Morgan fingerprint density at radius 3 is 2.56 bits per heavy atom. The maximum Gasteiger partial charge on any atom is 0.194 e. The van der Waals surface area contributed by atoms with Crippen LogP contribution in [0.2, 0.25) is 0 Å². The molecule has 1 saturated heterocycles. The molecule has 2 N–H and O–H groups in total. The molecule has 0 saturated carbocycles. The predicted octanol–water partition coefficient (Wildman–Crippen LogP) is 2.78. The monoisotopic (exact) mass is 548 g/mol. The molecule has 1 aliphatic rings. The summed E-state index contributed by atoms with van der Waals surface area (Å²) < 4.78 is 5.20. The zero-order valence-electron chi connectivity index (χ0n) is 18.4. The Bertz CT molecular complexity index is 985. The quantitative estimate of drug-likeness (QED) is 0.278. The van der Waals surface area contributed by atoms with E-state index in [4.69, 9.17) is 9.73 Å². The van der Waals surface area contributed by atoms with Crippen molar-refractivity contribution in [3.05, 3.63) is 54.5 Å². The second-order valence-corrected chi connectivity index (χ2v) is 7.17. The lowest BCUT2D eigenvalue weighted by atomic mass is 10.2. The second kappa shape index (κ2) is 11.7. The Hall–Kier alpha value is -2.89. The Morgan fingerprint density at radius 2 is 1.91 bits per heavy atom. The van der Waals surface area contributed by atoms with Crippen LogP contribution in [0.5, 0.6) is 5.75 Å². The first kappa shape index (κ1) is 23.8. The second-order valence-electron chi connectivity index (χ2n) is 7.17. The number of hydrogen-bond acceptors (Lipinski definition) is 6. The standard InChI is InChI=1S/C22H28N8O.HI/c1-3-23-22(30-14-12-29(13-15-30)20-6-4-5-11-24-20)25-16-19-26-21(28-27-19)17-7-9-18(31-2)10-8-17;/h4-11H,3,12-16H2,1-2H3,(H,23,25)(H,26,27,28);1H. The highest BCUT2D eigenvalue weighted by atomic mass is 127. The van der Waals surface area contributed by atoms with Gasteiger partial charge in [0.25, 0.3) is 0 Å². The van der Waals surface area contributed by atoms with Crippen LogP contribution in [0, 0.1) is 0 Å². The number of aromatic nitrogens is 4. The number of rotatable bonds is 6. The van der Waals surface area contributed by atoms with Crippen LogP contribution in [0.3, 0.4) is 0 Å². The van der Waals surface area contributed by atoms with Gasteiger partial charge < -0.3 is 19.9 Å². The molecule has 2 aromatic heterocycles. The molecule has 170 valence electrons. The van der Waals surface area contributed by atoms with Crippen LogP contribution in [0.15, 0.2) is 53.7 Å². The summed E-state index contributed by atoms with van der Waals surface area (Å²) in [5.74, 6) is 4.11. The zero-order valence-corrected chi connectivity index (χ0v) is 20.7. The van der Waals surface area contributed by atoms with E-state index in [0.717, 1.165) is 61.6 Å². The third kappa shape index (κ3) is 5.87. The summed E-state index contributed by atoms with van der Waals surface area (Å²) in [6.45, 7) is 6.91. The van der Waals surface area contributed by atoms with Crippen molar-refractivity contribution in [2.24, 2.45) is 4.99 Å². The van der Waals surface area contributed by atoms with E-state index in [0.29, 0.717) is 12.4 Å². The largest absolute Gasteiger partial charge is 0.497 e. The Labute approximate surface area is 205 Å². The summed E-state index contributed by atoms with van der Waals surface area (Å²) in [5.41, 5.74) is 0.935. The van der Waals surface area contributed by atoms with E-state index in [1.807, 2.05) is 42.6 Å². The average Bonchev–Trinajstić information content (AvgIpc) is 3.31. The van der Waals surface area contributed by atoms with Crippen LogP contribution in [0.1, 0.15) is 12.7 Å². The maximum absolute atomic E-state index is 5.20. The van der Waals surface area contributed by atoms with Gasteiger partial charge in [-0.05, 0) is 43.3 Å². The highest BCUT2D eigenvalue weighted by molar-refractivity contribution is 14.0. The molecule has 0 radical (unpaired) electrons. The van der Waals surface area contributed by atoms with E-state index in [2.05, 4.69) is 48.3 Å². The minimum absolute atomic E-state index is 0. The molecular formula is C22H29IN8O. The van der Waals surface area contributed by atoms with Crippen molar-refractivity contribution in [2.45, 2.75) is 13.5 Å². The van der Waals surface area contributed by atoms with Gasteiger partial charge >= 0.3 is 0 Å². The van der Waals surface area contributed by atoms with Gasteiger partial charge in [0, 0.05) is 44.5 Å². The number of anilines is 1. The summed E-state index contributed by atoms with van der Waals surface area (Å²) in [6.07, 6.45) is 1.84. The number of piperazine rings is 1. The van der Waals surface area contributed by atoms with E-state index < -0.39 is 0 Å². The Kier molecular flexibility index (Phi) is 8.65.